The van der Waals surface area contributed by atoms with Crippen molar-refractivity contribution in [1.29, 1.82) is 0 Å². The summed E-state index contributed by atoms with van der Waals surface area (Å²) in [5.74, 6) is 0.450. The number of benzene rings is 2. The van der Waals surface area contributed by atoms with Crippen molar-refractivity contribution in [2.24, 2.45) is 4.99 Å². The number of alkyl halides is 3. The fraction of sp³-hybridized carbons (Fsp3) is 0.346. The molecule has 37 heavy (non-hydrogen) atoms. The average Bonchev–Trinajstić information content (AvgIpc) is 3.29. The lowest BCUT2D eigenvalue weighted by atomic mass is 9.74. The molecule has 7 nitrogen and oxygen atoms in total. The first kappa shape index (κ1) is 26.7. The fourth-order valence-corrected chi connectivity index (χ4v) is 4.59. The highest BCUT2D eigenvalue weighted by Crippen LogP contribution is 2.46. The minimum Gasteiger partial charge on any atom is -0.493 e. The number of carbonyl (C=O) groups excluding carboxylic acids is 1. The summed E-state index contributed by atoms with van der Waals surface area (Å²) >= 11 is 6.23. The van der Waals surface area contributed by atoms with Crippen molar-refractivity contribution < 1.29 is 37.3 Å². The van der Waals surface area contributed by atoms with Gasteiger partial charge in [-0.25, -0.2) is 9.78 Å². The van der Waals surface area contributed by atoms with Gasteiger partial charge in [0.05, 0.1) is 24.9 Å². The number of rotatable bonds is 6. The van der Waals surface area contributed by atoms with Crippen molar-refractivity contribution in [3.05, 3.63) is 58.6 Å². The summed E-state index contributed by atoms with van der Waals surface area (Å²) in [6.07, 6.45) is -5.61. The lowest BCUT2D eigenvalue weighted by Crippen LogP contribution is -2.50. The Balaban J connectivity index is 1.69. The Bertz CT molecular complexity index is 1380. The SMILES string of the molecule is COC(=O)Oc1ccc2c(N=CC(O)(CC(C)(C)c3cc(Cl)cc4c3OCC4)C(F)(F)F)cccc2n1. The van der Waals surface area contributed by atoms with Crippen molar-refractivity contribution in [2.75, 3.05) is 13.7 Å². The molecule has 1 aliphatic heterocycles. The molecule has 0 saturated carbocycles. The minimum absolute atomic E-state index is 0.0506. The summed E-state index contributed by atoms with van der Waals surface area (Å²) in [6, 6.07) is 10.8. The van der Waals surface area contributed by atoms with Gasteiger partial charge in [-0.05, 0) is 47.7 Å². The zero-order valence-electron chi connectivity index (χ0n) is 20.2. The summed E-state index contributed by atoms with van der Waals surface area (Å²) in [6.45, 7) is 3.59. The molecule has 2 heterocycles. The molecular formula is C26H24ClF3N2O5. The second kappa shape index (κ2) is 9.83. The molecule has 0 amide bonds. The molecule has 1 N–H and O–H groups in total. The van der Waals surface area contributed by atoms with E-state index in [1.165, 1.54) is 24.3 Å². The third kappa shape index (κ3) is 5.50. The van der Waals surface area contributed by atoms with Crippen molar-refractivity contribution in [1.82, 2.24) is 4.98 Å². The maximum absolute atomic E-state index is 14.3. The number of aromatic nitrogens is 1. The van der Waals surface area contributed by atoms with E-state index >= 15 is 0 Å². The van der Waals surface area contributed by atoms with Gasteiger partial charge in [-0.1, -0.05) is 31.5 Å². The van der Waals surface area contributed by atoms with Crippen LogP contribution in [0.3, 0.4) is 0 Å². The van der Waals surface area contributed by atoms with Gasteiger partial charge in [0, 0.05) is 34.7 Å². The Labute approximate surface area is 215 Å². The van der Waals surface area contributed by atoms with Crippen LogP contribution in [0.4, 0.5) is 23.7 Å². The topological polar surface area (TPSA) is 90.2 Å². The summed E-state index contributed by atoms with van der Waals surface area (Å²) in [5, 5.41) is 11.7. The summed E-state index contributed by atoms with van der Waals surface area (Å²) < 4.78 is 57.8. The van der Waals surface area contributed by atoms with Crippen LogP contribution in [-0.4, -0.2) is 48.0 Å². The number of methoxy groups -OCH3 is 1. The number of hydrogen-bond donors (Lipinski definition) is 1. The van der Waals surface area contributed by atoms with Crippen LogP contribution in [-0.2, 0) is 16.6 Å². The van der Waals surface area contributed by atoms with Gasteiger partial charge in [-0.2, -0.15) is 13.2 Å². The van der Waals surface area contributed by atoms with Gasteiger partial charge in [0.15, 0.2) is 5.60 Å². The third-order valence-electron chi connectivity index (χ3n) is 6.13. The molecule has 1 aliphatic rings. The van der Waals surface area contributed by atoms with Gasteiger partial charge < -0.3 is 19.3 Å². The molecule has 0 fully saturated rings. The maximum atomic E-state index is 14.3. The van der Waals surface area contributed by atoms with Gasteiger partial charge in [0.1, 0.15) is 5.75 Å². The van der Waals surface area contributed by atoms with E-state index in [4.69, 9.17) is 21.1 Å². The Morgan fingerprint density at radius 2 is 2.00 bits per heavy atom. The van der Waals surface area contributed by atoms with Crippen LogP contribution >= 0.6 is 11.6 Å². The van der Waals surface area contributed by atoms with E-state index in [2.05, 4.69) is 14.7 Å². The molecule has 0 spiro atoms. The monoisotopic (exact) mass is 536 g/mol. The molecule has 11 heteroatoms. The molecule has 1 aromatic heterocycles. The number of pyridine rings is 1. The smallest absolute Gasteiger partial charge is 0.493 e. The van der Waals surface area contributed by atoms with E-state index in [0.29, 0.717) is 46.5 Å². The molecule has 196 valence electrons. The molecule has 1 unspecified atom stereocenters. The second-order valence-electron chi connectivity index (χ2n) is 9.33. The number of ether oxygens (including phenoxy) is 3. The normalized spacial score (nSPS) is 15.4. The average molecular weight is 537 g/mol. The fourth-order valence-electron chi connectivity index (χ4n) is 4.35. The van der Waals surface area contributed by atoms with Gasteiger partial charge in [0.2, 0.25) is 5.88 Å². The number of hydrogen-bond acceptors (Lipinski definition) is 7. The molecule has 2 aromatic carbocycles. The number of nitrogens with zero attached hydrogens (tertiary/aromatic N) is 2. The molecule has 3 aromatic rings. The van der Waals surface area contributed by atoms with Gasteiger partial charge in [-0.3, -0.25) is 4.99 Å². The van der Waals surface area contributed by atoms with Crippen molar-refractivity contribution >= 4 is 40.6 Å². The van der Waals surface area contributed by atoms with Gasteiger partial charge in [0.25, 0.3) is 0 Å². The van der Waals surface area contributed by atoms with E-state index in [-0.39, 0.29) is 11.6 Å². The first-order valence-electron chi connectivity index (χ1n) is 11.3. The maximum Gasteiger partial charge on any atom is 0.514 e. The molecule has 0 saturated heterocycles. The van der Waals surface area contributed by atoms with Crippen LogP contribution in [0.2, 0.25) is 5.02 Å². The summed E-state index contributed by atoms with van der Waals surface area (Å²) in [5.41, 5.74) is -2.69. The van der Waals surface area contributed by atoms with Crippen LogP contribution in [0.15, 0.2) is 47.5 Å². The zero-order valence-corrected chi connectivity index (χ0v) is 21.0. The molecule has 0 aliphatic carbocycles. The largest absolute Gasteiger partial charge is 0.514 e. The Morgan fingerprint density at radius 1 is 1.24 bits per heavy atom. The standard InChI is InChI=1S/C26H24ClF3N2O5/c1-24(2,18-12-16(27)11-15-9-10-36-22(15)18)13-25(34,26(28,29)30)14-31-19-5-4-6-20-17(19)7-8-21(32-20)37-23(33)35-3/h4-8,11-12,14,34H,9-10,13H2,1-3H3. The molecule has 0 radical (unpaired) electrons. The van der Waals surface area contributed by atoms with E-state index < -0.39 is 29.8 Å². The van der Waals surface area contributed by atoms with Crippen LogP contribution in [0, 0.1) is 0 Å². The lowest BCUT2D eigenvalue weighted by Gasteiger charge is -2.36. The van der Waals surface area contributed by atoms with E-state index in [0.717, 1.165) is 12.7 Å². The van der Waals surface area contributed by atoms with Crippen LogP contribution < -0.4 is 9.47 Å². The Morgan fingerprint density at radius 3 is 2.70 bits per heavy atom. The first-order chi connectivity index (χ1) is 17.3. The number of carbonyl (C=O) groups is 1. The van der Waals surface area contributed by atoms with Crippen LogP contribution in [0.5, 0.6) is 11.6 Å². The second-order valence-corrected chi connectivity index (χ2v) is 9.77. The highest BCUT2D eigenvalue weighted by atomic mass is 35.5. The Hall–Kier alpha value is -3.37. The van der Waals surface area contributed by atoms with Crippen LogP contribution in [0.25, 0.3) is 10.9 Å². The molecule has 0 bridgehead atoms. The highest BCUT2D eigenvalue weighted by Gasteiger charge is 2.55. The first-order valence-corrected chi connectivity index (χ1v) is 11.7. The van der Waals surface area contributed by atoms with E-state index in [9.17, 15) is 23.1 Å². The van der Waals surface area contributed by atoms with Gasteiger partial charge in [-0.15, -0.1) is 0 Å². The quantitative estimate of drug-likeness (QED) is 0.292. The molecule has 4 rings (SSSR count). The third-order valence-corrected chi connectivity index (χ3v) is 6.35. The van der Waals surface area contributed by atoms with Crippen molar-refractivity contribution in [3.8, 4) is 11.6 Å². The Kier molecular flexibility index (Phi) is 7.09. The van der Waals surface area contributed by atoms with Crippen molar-refractivity contribution in [2.45, 2.75) is 43.9 Å². The highest BCUT2D eigenvalue weighted by molar-refractivity contribution is 6.30. The summed E-state index contributed by atoms with van der Waals surface area (Å²) in [4.78, 5) is 19.5. The minimum atomic E-state index is -5.03. The van der Waals surface area contributed by atoms with Crippen molar-refractivity contribution in [3.63, 3.8) is 0 Å². The predicted octanol–water partition coefficient (Wildman–Crippen LogP) is 6.33. The molecular weight excluding hydrogens is 513 g/mol. The number of aliphatic hydroxyl groups is 1. The van der Waals surface area contributed by atoms with Gasteiger partial charge >= 0.3 is 12.3 Å². The number of halogens is 4. The summed E-state index contributed by atoms with van der Waals surface area (Å²) in [7, 11) is 1.14. The van der Waals surface area contributed by atoms with E-state index in [1.54, 1.807) is 32.0 Å². The van der Waals surface area contributed by atoms with Crippen LogP contribution in [0.1, 0.15) is 31.4 Å². The van der Waals surface area contributed by atoms with E-state index in [1.807, 2.05) is 0 Å². The number of aliphatic imine (C=N–C) groups is 1. The predicted molar refractivity (Wildman–Crippen MR) is 132 cm³/mol. The molecule has 1 atom stereocenters. The number of fused-ring (bicyclic) bond motifs is 2. The lowest BCUT2D eigenvalue weighted by molar-refractivity contribution is -0.234. The zero-order chi connectivity index (χ0) is 27.0.